The fourth-order valence-electron chi connectivity index (χ4n) is 2.67. The first-order valence-corrected chi connectivity index (χ1v) is 8.85. The minimum atomic E-state index is -0.563. The van der Waals surface area contributed by atoms with Gasteiger partial charge < -0.3 is 16.4 Å². The predicted octanol–water partition coefficient (Wildman–Crippen LogP) is 3.02. The molecule has 3 aromatic rings. The number of hydrogen-bond donors (Lipinski definition) is 3. The van der Waals surface area contributed by atoms with E-state index in [0.717, 1.165) is 16.8 Å². The summed E-state index contributed by atoms with van der Waals surface area (Å²) in [5.74, 6) is -0.903. The van der Waals surface area contributed by atoms with Gasteiger partial charge in [0.05, 0.1) is 10.7 Å². The van der Waals surface area contributed by atoms with Crippen LogP contribution in [0.3, 0.4) is 0 Å². The molecule has 3 rings (SSSR count). The molecule has 0 aliphatic carbocycles. The number of carbonyl (C=O) groups excluding carboxylic acids is 2. The quantitative estimate of drug-likeness (QED) is 0.611. The highest BCUT2D eigenvalue weighted by Crippen LogP contribution is 2.22. The fourth-order valence-corrected chi connectivity index (χ4v) is 2.85. The SMILES string of the molecule is Cc1cccc(C)c1NC(=O)Cn1nnc(C(=O)Nc2ccccc2Cl)c1N. The first-order chi connectivity index (χ1) is 13.4. The molecule has 0 fully saturated rings. The Morgan fingerprint density at radius 3 is 2.43 bits per heavy atom. The van der Waals surface area contributed by atoms with Crippen molar-refractivity contribution in [3.63, 3.8) is 0 Å². The summed E-state index contributed by atoms with van der Waals surface area (Å²) in [6.45, 7) is 3.64. The number of para-hydroxylation sites is 2. The highest BCUT2D eigenvalue weighted by molar-refractivity contribution is 6.33. The molecular formula is C19H19ClN6O2. The average Bonchev–Trinajstić information content (AvgIpc) is 3.01. The van der Waals surface area contributed by atoms with Gasteiger partial charge in [-0.25, -0.2) is 4.68 Å². The standard InChI is InChI=1S/C19H19ClN6O2/c1-11-6-5-7-12(2)16(11)23-15(27)10-26-18(21)17(24-25-26)19(28)22-14-9-4-3-8-13(14)20/h3-9H,10,21H2,1-2H3,(H,22,28)(H,23,27). The summed E-state index contributed by atoms with van der Waals surface area (Å²) < 4.78 is 1.17. The van der Waals surface area contributed by atoms with Crippen LogP contribution < -0.4 is 16.4 Å². The van der Waals surface area contributed by atoms with Crippen molar-refractivity contribution in [2.75, 3.05) is 16.4 Å². The molecule has 2 amide bonds. The van der Waals surface area contributed by atoms with Gasteiger partial charge in [-0.15, -0.1) is 5.10 Å². The normalized spacial score (nSPS) is 10.5. The van der Waals surface area contributed by atoms with Crippen molar-refractivity contribution >= 4 is 40.6 Å². The minimum absolute atomic E-state index is 0.0128. The van der Waals surface area contributed by atoms with Crippen LogP contribution in [0.15, 0.2) is 42.5 Å². The van der Waals surface area contributed by atoms with Gasteiger partial charge in [0, 0.05) is 5.69 Å². The van der Waals surface area contributed by atoms with Crippen molar-refractivity contribution in [1.29, 1.82) is 0 Å². The van der Waals surface area contributed by atoms with E-state index >= 15 is 0 Å². The van der Waals surface area contributed by atoms with E-state index in [9.17, 15) is 9.59 Å². The Hall–Kier alpha value is -3.39. The summed E-state index contributed by atoms with van der Waals surface area (Å²) in [6, 6.07) is 12.5. The molecule has 0 aliphatic rings. The third kappa shape index (κ3) is 4.12. The van der Waals surface area contributed by atoms with Crippen LogP contribution in [0, 0.1) is 13.8 Å². The van der Waals surface area contributed by atoms with Gasteiger partial charge in [0.15, 0.2) is 11.5 Å². The monoisotopic (exact) mass is 398 g/mol. The molecule has 0 saturated carbocycles. The predicted molar refractivity (Wildman–Crippen MR) is 108 cm³/mol. The van der Waals surface area contributed by atoms with Gasteiger partial charge in [0.25, 0.3) is 5.91 Å². The van der Waals surface area contributed by atoms with Gasteiger partial charge in [-0.3, -0.25) is 9.59 Å². The van der Waals surface area contributed by atoms with Crippen LogP contribution in [-0.2, 0) is 11.3 Å². The summed E-state index contributed by atoms with van der Waals surface area (Å²) in [5, 5.41) is 13.4. The molecule has 0 spiro atoms. The summed E-state index contributed by atoms with van der Waals surface area (Å²) in [5.41, 5.74) is 8.93. The topological polar surface area (TPSA) is 115 Å². The molecule has 28 heavy (non-hydrogen) atoms. The molecule has 144 valence electrons. The largest absolute Gasteiger partial charge is 0.382 e. The molecule has 0 aliphatic heterocycles. The van der Waals surface area contributed by atoms with Crippen molar-refractivity contribution < 1.29 is 9.59 Å². The van der Waals surface area contributed by atoms with Crippen LogP contribution in [0.4, 0.5) is 17.2 Å². The number of rotatable bonds is 5. The van der Waals surface area contributed by atoms with Crippen LogP contribution in [0.2, 0.25) is 5.02 Å². The van der Waals surface area contributed by atoms with Crippen LogP contribution in [0.25, 0.3) is 0 Å². The van der Waals surface area contributed by atoms with Crippen molar-refractivity contribution in [3.05, 3.63) is 64.3 Å². The lowest BCUT2D eigenvalue weighted by Gasteiger charge is -2.11. The van der Waals surface area contributed by atoms with Gasteiger partial charge in [0.2, 0.25) is 5.91 Å². The fraction of sp³-hybridized carbons (Fsp3) is 0.158. The number of amides is 2. The summed E-state index contributed by atoms with van der Waals surface area (Å²) in [7, 11) is 0. The van der Waals surface area contributed by atoms with E-state index in [1.165, 1.54) is 4.68 Å². The molecule has 0 atom stereocenters. The first-order valence-electron chi connectivity index (χ1n) is 8.47. The maximum Gasteiger partial charge on any atom is 0.280 e. The molecule has 1 heterocycles. The van der Waals surface area contributed by atoms with Gasteiger partial charge in [0.1, 0.15) is 6.54 Å². The number of hydrogen-bond acceptors (Lipinski definition) is 5. The zero-order chi connectivity index (χ0) is 20.3. The second kappa shape index (κ2) is 8.10. The Morgan fingerprint density at radius 1 is 1.07 bits per heavy atom. The van der Waals surface area contributed by atoms with E-state index in [4.69, 9.17) is 17.3 Å². The molecule has 0 bridgehead atoms. The Bertz CT molecular complexity index is 1030. The number of aryl methyl sites for hydroxylation is 2. The van der Waals surface area contributed by atoms with Crippen LogP contribution in [0.1, 0.15) is 21.6 Å². The van der Waals surface area contributed by atoms with Gasteiger partial charge in [-0.1, -0.05) is 47.1 Å². The number of halogens is 1. The number of nitrogen functional groups attached to an aromatic ring is 1. The van der Waals surface area contributed by atoms with Gasteiger partial charge >= 0.3 is 0 Å². The molecule has 1 aromatic heterocycles. The van der Waals surface area contributed by atoms with Gasteiger partial charge in [-0.2, -0.15) is 0 Å². The number of nitrogens with zero attached hydrogens (tertiary/aromatic N) is 3. The third-order valence-corrected chi connectivity index (χ3v) is 4.48. The molecule has 4 N–H and O–H groups in total. The molecule has 0 saturated heterocycles. The summed E-state index contributed by atoms with van der Waals surface area (Å²) in [4.78, 5) is 24.8. The molecule has 2 aromatic carbocycles. The maximum atomic E-state index is 12.4. The van der Waals surface area contributed by atoms with Crippen LogP contribution in [-0.4, -0.2) is 26.8 Å². The van der Waals surface area contributed by atoms with Crippen molar-refractivity contribution in [2.45, 2.75) is 20.4 Å². The molecule has 0 radical (unpaired) electrons. The van der Waals surface area contributed by atoms with Gasteiger partial charge in [-0.05, 0) is 37.1 Å². The number of aromatic nitrogens is 3. The second-order valence-corrected chi connectivity index (χ2v) is 6.64. The summed E-state index contributed by atoms with van der Waals surface area (Å²) >= 11 is 6.03. The lowest BCUT2D eigenvalue weighted by Crippen LogP contribution is -2.22. The van der Waals surface area contributed by atoms with Crippen LogP contribution >= 0.6 is 11.6 Å². The average molecular weight is 399 g/mol. The summed E-state index contributed by atoms with van der Waals surface area (Å²) in [6.07, 6.45) is 0. The molecule has 9 heteroatoms. The van der Waals surface area contributed by atoms with E-state index in [-0.39, 0.29) is 24.0 Å². The minimum Gasteiger partial charge on any atom is -0.382 e. The lowest BCUT2D eigenvalue weighted by atomic mass is 10.1. The van der Waals surface area contributed by atoms with E-state index in [1.54, 1.807) is 24.3 Å². The first kappa shape index (κ1) is 19.4. The van der Waals surface area contributed by atoms with E-state index in [2.05, 4.69) is 20.9 Å². The Balaban J connectivity index is 1.71. The third-order valence-electron chi connectivity index (χ3n) is 4.15. The Kier molecular flexibility index (Phi) is 5.60. The Morgan fingerprint density at radius 2 is 1.75 bits per heavy atom. The van der Waals surface area contributed by atoms with Crippen molar-refractivity contribution in [1.82, 2.24) is 15.0 Å². The number of nitrogens with one attached hydrogen (secondary N) is 2. The smallest absolute Gasteiger partial charge is 0.280 e. The zero-order valence-corrected chi connectivity index (χ0v) is 16.1. The highest BCUT2D eigenvalue weighted by Gasteiger charge is 2.20. The number of carbonyl (C=O) groups is 2. The maximum absolute atomic E-state index is 12.4. The Labute approximate surface area is 166 Å². The van der Waals surface area contributed by atoms with E-state index in [0.29, 0.717) is 10.7 Å². The van der Waals surface area contributed by atoms with E-state index in [1.807, 2.05) is 32.0 Å². The van der Waals surface area contributed by atoms with Crippen LogP contribution in [0.5, 0.6) is 0 Å². The number of anilines is 3. The highest BCUT2D eigenvalue weighted by atomic mass is 35.5. The number of benzene rings is 2. The molecule has 8 nitrogen and oxygen atoms in total. The zero-order valence-electron chi connectivity index (χ0n) is 15.4. The van der Waals surface area contributed by atoms with Crippen molar-refractivity contribution in [3.8, 4) is 0 Å². The van der Waals surface area contributed by atoms with Crippen molar-refractivity contribution in [2.24, 2.45) is 0 Å². The molecule has 0 unspecified atom stereocenters. The molecular weight excluding hydrogens is 380 g/mol. The lowest BCUT2D eigenvalue weighted by molar-refractivity contribution is -0.116. The van der Waals surface area contributed by atoms with E-state index < -0.39 is 5.91 Å². The number of nitrogens with two attached hydrogens (primary N) is 1. The second-order valence-electron chi connectivity index (χ2n) is 6.23.